The average Bonchev–Trinajstić information content (AvgIpc) is 2.54. The molecule has 24 heavy (non-hydrogen) atoms. The zero-order valence-corrected chi connectivity index (χ0v) is 12.6. The molecule has 0 aliphatic carbocycles. The van der Waals surface area contributed by atoms with Crippen molar-refractivity contribution in [2.24, 2.45) is 5.73 Å². The number of rotatable bonds is 7. The van der Waals surface area contributed by atoms with Crippen LogP contribution < -0.4 is 15.8 Å². The molecule has 0 saturated heterocycles. The van der Waals surface area contributed by atoms with Crippen LogP contribution in [-0.4, -0.2) is 18.4 Å². The van der Waals surface area contributed by atoms with Gasteiger partial charge in [0.05, 0.1) is 6.42 Å². The number of nitrogens with two attached hydrogens (primary N) is 1. The topological polar surface area (TPSA) is 81.4 Å². The van der Waals surface area contributed by atoms with Gasteiger partial charge in [0.25, 0.3) is 0 Å². The number of benzene rings is 2. The predicted octanol–water partition coefficient (Wildman–Crippen LogP) is 2.17. The first-order valence-corrected chi connectivity index (χ1v) is 7.13. The summed E-state index contributed by atoms with van der Waals surface area (Å²) in [5.74, 6) is -1.08. The molecule has 2 amide bonds. The minimum absolute atomic E-state index is 0.00783. The number of hydrogen-bond donors (Lipinski definition) is 2. The number of nitrogens with one attached hydrogen (secondary N) is 1. The summed E-state index contributed by atoms with van der Waals surface area (Å²) in [6.45, 7) is -2.90. The highest BCUT2D eigenvalue weighted by molar-refractivity contribution is 5.88. The summed E-state index contributed by atoms with van der Waals surface area (Å²) in [5.41, 5.74) is 6.51. The molecule has 1 unspecified atom stereocenters. The molecule has 5 nitrogen and oxygen atoms in total. The second-order valence-corrected chi connectivity index (χ2v) is 5.01. The van der Waals surface area contributed by atoms with Gasteiger partial charge in [-0.1, -0.05) is 42.5 Å². The Morgan fingerprint density at radius 3 is 2.21 bits per heavy atom. The van der Waals surface area contributed by atoms with Crippen molar-refractivity contribution in [1.29, 1.82) is 0 Å². The van der Waals surface area contributed by atoms with Crippen LogP contribution in [0.15, 0.2) is 54.6 Å². The molecular weight excluding hydrogens is 318 g/mol. The third-order valence-corrected chi connectivity index (χ3v) is 3.24. The van der Waals surface area contributed by atoms with Crippen LogP contribution in [0.4, 0.5) is 8.78 Å². The molecule has 3 N–H and O–H groups in total. The van der Waals surface area contributed by atoms with E-state index in [1.54, 1.807) is 30.3 Å². The van der Waals surface area contributed by atoms with Crippen molar-refractivity contribution >= 4 is 11.8 Å². The summed E-state index contributed by atoms with van der Waals surface area (Å²) in [5, 5.41) is 2.56. The van der Waals surface area contributed by atoms with Crippen molar-refractivity contribution in [3.05, 3.63) is 65.7 Å². The normalized spacial score (nSPS) is 11.8. The lowest BCUT2D eigenvalue weighted by molar-refractivity contribution is -0.127. The highest BCUT2D eigenvalue weighted by atomic mass is 19.3. The number of halogens is 2. The molecule has 0 spiro atoms. The third kappa shape index (κ3) is 5.05. The smallest absolute Gasteiger partial charge is 0.387 e. The minimum Gasteiger partial charge on any atom is -0.435 e. The number of hydrogen-bond acceptors (Lipinski definition) is 3. The molecule has 2 aromatic rings. The Balaban J connectivity index is 1.99. The maximum atomic E-state index is 12.1. The maximum absolute atomic E-state index is 12.1. The van der Waals surface area contributed by atoms with E-state index in [0.29, 0.717) is 11.1 Å². The third-order valence-electron chi connectivity index (χ3n) is 3.24. The van der Waals surface area contributed by atoms with Crippen LogP contribution in [0.3, 0.4) is 0 Å². The molecule has 0 heterocycles. The van der Waals surface area contributed by atoms with Gasteiger partial charge in [-0.25, -0.2) is 0 Å². The van der Waals surface area contributed by atoms with E-state index in [1.165, 1.54) is 24.3 Å². The van der Waals surface area contributed by atoms with Gasteiger partial charge < -0.3 is 15.8 Å². The van der Waals surface area contributed by atoms with Crippen molar-refractivity contribution in [2.75, 3.05) is 0 Å². The van der Waals surface area contributed by atoms with Gasteiger partial charge >= 0.3 is 6.61 Å². The Morgan fingerprint density at radius 2 is 1.67 bits per heavy atom. The maximum Gasteiger partial charge on any atom is 0.387 e. The molecule has 126 valence electrons. The van der Waals surface area contributed by atoms with Crippen LogP contribution in [0.1, 0.15) is 17.2 Å². The molecule has 2 rings (SSSR count). The van der Waals surface area contributed by atoms with Gasteiger partial charge in [-0.3, -0.25) is 9.59 Å². The number of alkyl halides is 2. The van der Waals surface area contributed by atoms with Crippen LogP contribution in [0.25, 0.3) is 0 Å². The molecule has 7 heteroatoms. The summed E-state index contributed by atoms with van der Waals surface area (Å²) in [6.07, 6.45) is -0.0222. The van der Waals surface area contributed by atoms with Crippen molar-refractivity contribution in [1.82, 2.24) is 5.32 Å². The van der Waals surface area contributed by atoms with E-state index in [-0.39, 0.29) is 12.2 Å². The van der Waals surface area contributed by atoms with Crippen molar-refractivity contribution < 1.29 is 23.1 Å². The standard InChI is InChI=1S/C17H16F2N2O3/c18-17(19)24-13-8-6-11(7-9-13)10-14(22)21-15(16(20)23)12-4-2-1-3-5-12/h1-9,15,17H,10H2,(H2,20,23)(H,21,22). The largest absolute Gasteiger partial charge is 0.435 e. The SMILES string of the molecule is NC(=O)C(NC(=O)Cc1ccc(OC(F)F)cc1)c1ccccc1. The van der Waals surface area contributed by atoms with Gasteiger partial charge in [-0.15, -0.1) is 0 Å². The van der Waals surface area contributed by atoms with Gasteiger partial charge in [-0.2, -0.15) is 8.78 Å². The van der Waals surface area contributed by atoms with E-state index >= 15 is 0 Å². The van der Waals surface area contributed by atoms with E-state index in [4.69, 9.17) is 5.73 Å². The first kappa shape index (κ1) is 17.4. The first-order valence-electron chi connectivity index (χ1n) is 7.13. The highest BCUT2D eigenvalue weighted by Gasteiger charge is 2.20. The van der Waals surface area contributed by atoms with Crippen LogP contribution in [0, 0.1) is 0 Å². The van der Waals surface area contributed by atoms with E-state index in [0.717, 1.165) is 0 Å². The lowest BCUT2D eigenvalue weighted by Gasteiger charge is -2.16. The molecular formula is C17H16F2N2O3. The summed E-state index contributed by atoms with van der Waals surface area (Å²) in [6, 6.07) is 13.4. The van der Waals surface area contributed by atoms with E-state index < -0.39 is 24.5 Å². The lowest BCUT2D eigenvalue weighted by Crippen LogP contribution is -2.38. The Kier molecular flexibility index (Phi) is 5.83. The van der Waals surface area contributed by atoms with Crippen LogP contribution >= 0.6 is 0 Å². The van der Waals surface area contributed by atoms with Crippen molar-refractivity contribution in [3.8, 4) is 5.75 Å². The van der Waals surface area contributed by atoms with Gasteiger partial charge in [0, 0.05) is 0 Å². The fraction of sp³-hybridized carbons (Fsp3) is 0.176. The summed E-state index contributed by atoms with van der Waals surface area (Å²) in [4.78, 5) is 23.6. The van der Waals surface area contributed by atoms with E-state index in [2.05, 4.69) is 10.1 Å². The van der Waals surface area contributed by atoms with Crippen LogP contribution in [-0.2, 0) is 16.0 Å². The second-order valence-electron chi connectivity index (χ2n) is 5.01. The van der Waals surface area contributed by atoms with Gasteiger partial charge in [0.1, 0.15) is 11.8 Å². The molecule has 1 atom stereocenters. The highest BCUT2D eigenvalue weighted by Crippen LogP contribution is 2.16. The Morgan fingerprint density at radius 1 is 1.04 bits per heavy atom. The number of primary amides is 1. The molecule has 0 fully saturated rings. The Hall–Kier alpha value is -2.96. The average molecular weight is 334 g/mol. The number of carbonyl (C=O) groups is 2. The lowest BCUT2D eigenvalue weighted by atomic mass is 10.1. The number of ether oxygens (including phenoxy) is 1. The van der Waals surface area contributed by atoms with E-state index in [1.807, 2.05) is 0 Å². The van der Waals surface area contributed by atoms with Gasteiger partial charge in [0.15, 0.2) is 0 Å². The predicted molar refractivity (Wildman–Crippen MR) is 83.3 cm³/mol. The molecule has 2 aromatic carbocycles. The van der Waals surface area contributed by atoms with E-state index in [9.17, 15) is 18.4 Å². The van der Waals surface area contributed by atoms with Gasteiger partial charge in [0.2, 0.25) is 11.8 Å². The molecule has 0 radical (unpaired) electrons. The molecule has 0 aliphatic rings. The molecule has 0 bridgehead atoms. The minimum atomic E-state index is -2.90. The van der Waals surface area contributed by atoms with Crippen LogP contribution in [0.2, 0.25) is 0 Å². The monoisotopic (exact) mass is 334 g/mol. The summed E-state index contributed by atoms with van der Waals surface area (Å²) >= 11 is 0. The van der Waals surface area contributed by atoms with Crippen LogP contribution in [0.5, 0.6) is 5.75 Å². The number of carbonyl (C=O) groups excluding carboxylic acids is 2. The zero-order chi connectivity index (χ0) is 17.5. The fourth-order valence-corrected chi connectivity index (χ4v) is 2.15. The fourth-order valence-electron chi connectivity index (χ4n) is 2.15. The second kappa shape index (κ2) is 8.05. The van der Waals surface area contributed by atoms with Gasteiger partial charge in [-0.05, 0) is 23.3 Å². The first-order chi connectivity index (χ1) is 11.5. The Bertz CT molecular complexity index is 691. The quantitative estimate of drug-likeness (QED) is 0.814. The molecule has 0 saturated carbocycles. The van der Waals surface area contributed by atoms with Crippen molar-refractivity contribution in [2.45, 2.75) is 19.1 Å². The zero-order valence-electron chi connectivity index (χ0n) is 12.6. The van der Waals surface area contributed by atoms with Crippen molar-refractivity contribution in [3.63, 3.8) is 0 Å². The number of amides is 2. The Labute approximate surface area is 137 Å². The summed E-state index contributed by atoms with van der Waals surface area (Å²) < 4.78 is 28.4. The molecule has 0 aromatic heterocycles. The summed E-state index contributed by atoms with van der Waals surface area (Å²) in [7, 11) is 0. The molecule has 0 aliphatic heterocycles.